The number of sulfonamides is 1. The Morgan fingerprint density at radius 2 is 1.79 bits per heavy atom. The summed E-state index contributed by atoms with van der Waals surface area (Å²) in [5.74, 6) is -0.622. The standard InChI is InChI=1S/C13H9ClFNO2S/c14-11-6-4-10(5-7-11)9-16-19(17,18)13-3-1-2-12(15)8-13/h1-9H/b16-9+. The fraction of sp³-hybridized carbons (Fsp3) is 0. The molecule has 0 saturated heterocycles. The van der Waals surface area contributed by atoms with E-state index < -0.39 is 15.8 Å². The highest BCUT2D eigenvalue weighted by Crippen LogP contribution is 2.14. The fourth-order valence-corrected chi connectivity index (χ4v) is 2.39. The van der Waals surface area contributed by atoms with E-state index in [9.17, 15) is 12.8 Å². The number of hydrogen-bond donors (Lipinski definition) is 0. The first-order chi connectivity index (χ1) is 8.97. The van der Waals surface area contributed by atoms with E-state index in [0.717, 1.165) is 6.07 Å². The molecule has 0 unspecified atom stereocenters. The molecule has 0 aliphatic heterocycles. The molecule has 0 radical (unpaired) electrons. The number of nitrogens with zero attached hydrogens (tertiary/aromatic N) is 1. The van der Waals surface area contributed by atoms with Crippen molar-refractivity contribution in [2.75, 3.05) is 0 Å². The molecule has 0 spiro atoms. The smallest absolute Gasteiger partial charge is 0.207 e. The third-order valence-corrected chi connectivity index (χ3v) is 3.79. The molecule has 6 heteroatoms. The lowest BCUT2D eigenvalue weighted by Gasteiger charge is -1.98. The molecule has 0 N–H and O–H groups in total. The van der Waals surface area contributed by atoms with Crippen molar-refractivity contribution < 1.29 is 12.8 Å². The molecular formula is C13H9ClFNO2S. The number of halogens is 2. The van der Waals surface area contributed by atoms with Gasteiger partial charge in [-0.25, -0.2) is 4.39 Å². The van der Waals surface area contributed by atoms with Crippen LogP contribution in [0.4, 0.5) is 4.39 Å². The average molecular weight is 298 g/mol. The van der Waals surface area contributed by atoms with Crippen LogP contribution < -0.4 is 0 Å². The van der Waals surface area contributed by atoms with Gasteiger partial charge in [0.15, 0.2) is 0 Å². The minimum absolute atomic E-state index is 0.183. The summed E-state index contributed by atoms with van der Waals surface area (Å²) >= 11 is 5.71. The minimum Gasteiger partial charge on any atom is -0.207 e. The van der Waals surface area contributed by atoms with Gasteiger partial charge < -0.3 is 0 Å². The predicted octanol–water partition coefficient (Wildman–Crippen LogP) is 3.29. The summed E-state index contributed by atoms with van der Waals surface area (Å²) in [4.78, 5) is -0.183. The summed E-state index contributed by atoms with van der Waals surface area (Å²) < 4.78 is 40.1. The minimum atomic E-state index is -3.89. The van der Waals surface area contributed by atoms with Crippen LogP contribution in [-0.4, -0.2) is 14.6 Å². The van der Waals surface area contributed by atoms with Crippen LogP contribution >= 0.6 is 11.6 Å². The molecule has 19 heavy (non-hydrogen) atoms. The van der Waals surface area contributed by atoms with Crippen molar-refractivity contribution in [1.29, 1.82) is 0 Å². The maximum Gasteiger partial charge on any atom is 0.282 e. The van der Waals surface area contributed by atoms with Crippen LogP contribution in [0.2, 0.25) is 5.02 Å². The third kappa shape index (κ3) is 3.62. The first-order valence-electron chi connectivity index (χ1n) is 5.29. The van der Waals surface area contributed by atoms with Crippen LogP contribution in [0.1, 0.15) is 5.56 Å². The first kappa shape index (κ1) is 13.7. The Balaban J connectivity index is 2.29. The first-order valence-corrected chi connectivity index (χ1v) is 7.11. The third-order valence-electron chi connectivity index (χ3n) is 2.30. The van der Waals surface area contributed by atoms with Crippen LogP contribution in [0.25, 0.3) is 0 Å². The highest BCUT2D eigenvalue weighted by atomic mass is 35.5. The Kier molecular flexibility index (Phi) is 3.97. The van der Waals surface area contributed by atoms with Crippen molar-refractivity contribution in [1.82, 2.24) is 0 Å². The monoisotopic (exact) mass is 297 g/mol. The molecule has 2 aromatic carbocycles. The Morgan fingerprint density at radius 1 is 1.11 bits per heavy atom. The molecule has 0 fully saturated rings. The molecule has 2 rings (SSSR count). The van der Waals surface area contributed by atoms with E-state index in [1.165, 1.54) is 24.4 Å². The molecule has 0 atom stereocenters. The van der Waals surface area contributed by atoms with Crippen molar-refractivity contribution in [2.24, 2.45) is 4.40 Å². The largest absolute Gasteiger partial charge is 0.282 e. The molecule has 98 valence electrons. The van der Waals surface area contributed by atoms with Crippen LogP contribution in [0.15, 0.2) is 57.8 Å². The van der Waals surface area contributed by atoms with Crippen LogP contribution in [0.3, 0.4) is 0 Å². The molecule has 0 saturated carbocycles. The highest BCUT2D eigenvalue weighted by Gasteiger charge is 2.12. The van der Waals surface area contributed by atoms with E-state index in [-0.39, 0.29) is 4.90 Å². The van der Waals surface area contributed by atoms with Gasteiger partial charge in [0, 0.05) is 11.2 Å². The quantitative estimate of drug-likeness (QED) is 0.816. The van der Waals surface area contributed by atoms with Crippen molar-refractivity contribution in [2.45, 2.75) is 4.90 Å². The lowest BCUT2D eigenvalue weighted by Crippen LogP contribution is -1.98. The van der Waals surface area contributed by atoms with Crippen molar-refractivity contribution in [3.63, 3.8) is 0 Å². The Bertz CT molecular complexity index is 712. The molecule has 2 aromatic rings. The van der Waals surface area contributed by atoms with Gasteiger partial charge in [-0.1, -0.05) is 29.8 Å². The normalized spacial score (nSPS) is 11.9. The zero-order valence-electron chi connectivity index (χ0n) is 9.62. The van der Waals surface area contributed by atoms with E-state index in [1.807, 2.05) is 0 Å². The second-order valence-electron chi connectivity index (χ2n) is 3.72. The summed E-state index contributed by atoms with van der Waals surface area (Å²) in [5.41, 5.74) is 0.587. The van der Waals surface area contributed by atoms with E-state index >= 15 is 0 Å². The maximum atomic E-state index is 13.0. The van der Waals surface area contributed by atoms with E-state index in [4.69, 9.17) is 11.6 Å². The summed E-state index contributed by atoms with van der Waals surface area (Å²) in [6.45, 7) is 0. The Morgan fingerprint density at radius 3 is 2.42 bits per heavy atom. The van der Waals surface area contributed by atoms with Gasteiger partial charge in [-0.05, 0) is 35.9 Å². The molecule has 3 nitrogen and oxygen atoms in total. The van der Waals surface area contributed by atoms with Gasteiger partial charge in [-0.3, -0.25) is 0 Å². The number of benzene rings is 2. The van der Waals surface area contributed by atoms with Crippen molar-refractivity contribution in [3.8, 4) is 0 Å². The molecule has 0 amide bonds. The van der Waals surface area contributed by atoms with Gasteiger partial charge in [-0.15, -0.1) is 0 Å². The second-order valence-corrected chi connectivity index (χ2v) is 5.79. The number of hydrogen-bond acceptors (Lipinski definition) is 2. The fourth-order valence-electron chi connectivity index (χ4n) is 1.37. The van der Waals surface area contributed by atoms with Gasteiger partial charge in [0.25, 0.3) is 10.0 Å². The van der Waals surface area contributed by atoms with Gasteiger partial charge in [0.05, 0.1) is 4.90 Å². The summed E-state index contributed by atoms with van der Waals surface area (Å²) in [7, 11) is -3.89. The van der Waals surface area contributed by atoms with Crippen molar-refractivity contribution in [3.05, 3.63) is 64.9 Å². The SMILES string of the molecule is O=S(=O)(/N=C/c1ccc(Cl)cc1)c1cccc(F)c1. The van der Waals surface area contributed by atoms with E-state index in [2.05, 4.69) is 4.40 Å². The second kappa shape index (κ2) is 5.50. The van der Waals surface area contributed by atoms with Gasteiger partial charge >= 0.3 is 0 Å². The Labute approximate surface area is 115 Å². The van der Waals surface area contributed by atoms with Crippen LogP contribution in [0.5, 0.6) is 0 Å². The zero-order valence-corrected chi connectivity index (χ0v) is 11.2. The average Bonchev–Trinajstić information content (AvgIpc) is 2.38. The Hall–Kier alpha value is -1.72. The maximum absolute atomic E-state index is 13.0. The summed E-state index contributed by atoms with van der Waals surface area (Å²) in [6, 6.07) is 11.2. The van der Waals surface area contributed by atoms with Crippen LogP contribution in [0, 0.1) is 5.82 Å². The summed E-state index contributed by atoms with van der Waals surface area (Å²) in [6.07, 6.45) is 1.19. The lowest BCUT2D eigenvalue weighted by atomic mass is 10.2. The molecule has 0 bridgehead atoms. The van der Waals surface area contributed by atoms with Crippen LogP contribution in [-0.2, 0) is 10.0 Å². The molecule has 0 aliphatic rings. The molecule has 0 heterocycles. The van der Waals surface area contributed by atoms with E-state index in [0.29, 0.717) is 10.6 Å². The highest BCUT2D eigenvalue weighted by molar-refractivity contribution is 7.90. The van der Waals surface area contributed by atoms with Gasteiger partial charge in [-0.2, -0.15) is 12.8 Å². The van der Waals surface area contributed by atoms with Gasteiger partial charge in [0.2, 0.25) is 0 Å². The predicted molar refractivity (Wildman–Crippen MR) is 72.6 cm³/mol. The molecule has 0 aromatic heterocycles. The van der Waals surface area contributed by atoms with E-state index in [1.54, 1.807) is 24.3 Å². The van der Waals surface area contributed by atoms with Gasteiger partial charge in [0.1, 0.15) is 5.82 Å². The zero-order chi connectivity index (χ0) is 13.9. The summed E-state index contributed by atoms with van der Waals surface area (Å²) in [5, 5.41) is 0.546. The lowest BCUT2D eigenvalue weighted by molar-refractivity contribution is 0.592. The topological polar surface area (TPSA) is 46.5 Å². The molecule has 0 aliphatic carbocycles. The number of rotatable bonds is 3. The van der Waals surface area contributed by atoms with Crippen molar-refractivity contribution >= 4 is 27.8 Å². The molecular weight excluding hydrogens is 289 g/mol.